The Balaban J connectivity index is 2.12. The third-order valence-corrected chi connectivity index (χ3v) is 4.96. The zero-order chi connectivity index (χ0) is 15.7. The lowest BCUT2D eigenvalue weighted by atomic mass is 10.2. The average molecular weight is 336 g/mol. The summed E-state index contributed by atoms with van der Waals surface area (Å²) in [5.74, 6) is 0. The van der Waals surface area contributed by atoms with Crippen LogP contribution in [0.3, 0.4) is 0 Å². The molecule has 1 heterocycles. The molecule has 9 heteroatoms. The molecule has 0 radical (unpaired) electrons. The SMILES string of the molecule is Cc1csc(CNS(=O)(=O)c2ccc(C(F)(F)F)cc2)n1. The second-order valence-corrected chi connectivity index (χ2v) is 6.94. The monoisotopic (exact) mass is 336 g/mol. The third kappa shape index (κ3) is 4.02. The zero-order valence-corrected chi connectivity index (χ0v) is 12.4. The van der Waals surface area contributed by atoms with Crippen molar-refractivity contribution in [2.24, 2.45) is 0 Å². The summed E-state index contributed by atoms with van der Waals surface area (Å²) in [6.07, 6.45) is -4.49. The van der Waals surface area contributed by atoms with E-state index in [1.165, 1.54) is 11.3 Å². The molecule has 0 aliphatic rings. The Morgan fingerprint density at radius 1 is 1.24 bits per heavy atom. The maximum Gasteiger partial charge on any atom is 0.416 e. The lowest BCUT2D eigenvalue weighted by molar-refractivity contribution is -0.137. The Bertz CT molecular complexity index is 722. The Labute approximate surface area is 123 Å². The van der Waals surface area contributed by atoms with Crippen molar-refractivity contribution in [3.8, 4) is 0 Å². The fourth-order valence-electron chi connectivity index (χ4n) is 1.55. The van der Waals surface area contributed by atoms with Crippen LogP contribution in [0.2, 0.25) is 0 Å². The largest absolute Gasteiger partial charge is 0.416 e. The van der Waals surface area contributed by atoms with Crippen LogP contribution in [0.25, 0.3) is 0 Å². The van der Waals surface area contributed by atoms with E-state index in [0.717, 1.165) is 30.0 Å². The van der Waals surface area contributed by atoms with Gasteiger partial charge in [-0.3, -0.25) is 0 Å². The van der Waals surface area contributed by atoms with Gasteiger partial charge in [0.05, 0.1) is 17.0 Å². The topological polar surface area (TPSA) is 59.1 Å². The number of benzene rings is 1. The minimum atomic E-state index is -4.49. The van der Waals surface area contributed by atoms with Crippen molar-refractivity contribution in [2.75, 3.05) is 0 Å². The minimum absolute atomic E-state index is 0.00185. The first-order chi connectivity index (χ1) is 9.68. The van der Waals surface area contributed by atoms with Crippen LogP contribution < -0.4 is 4.72 Å². The molecule has 0 fully saturated rings. The number of alkyl halides is 3. The number of nitrogens with zero attached hydrogens (tertiary/aromatic N) is 1. The Hall–Kier alpha value is -1.45. The molecule has 2 aromatic rings. The predicted octanol–water partition coefficient (Wildman–Crippen LogP) is 2.95. The normalized spacial score (nSPS) is 12.6. The number of halogens is 3. The van der Waals surface area contributed by atoms with Gasteiger partial charge in [-0.1, -0.05) is 0 Å². The highest BCUT2D eigenvalue weighted by molar-refractivity contribution is 7.89. The maximum absolute atomic E-state index is 12.4. The van der Waals surface area contributed by atoms with E-state index in [4.69, 9.17) is 0 Å². The molecule has 114 valence electrons. The molecule has 4 nitrogen and oxygen atoms in total. The van der Waals surface area contributed by atoms with E-state index in [2.05, 4.69) is 9.71 Å². The van der Waals surface area contributed by atoms with Gasteiger partial charge in [-0.25, -0.2) is 18.1 Å². The standard InChI is InChI=1S/C12H11F3N2O2S2/c1-8-7-20-11(17-8)6-16-21(18,19)10-4-2-9(3-5-10)12(13,14)15/h2-5,7,16H,6H2,1H3. The molecule has 0 spiro atoms. The van der Waals surface area contributed by atoms with Crippen LogP contribution in [0.4, 0.5) is 13.2 Å². The smallest absolute Gasteiger partial charge is 0.245 e. The van der Waals surface area contributed by atoms with Gasteiger partial charge in [-0.2, -0.15) is 13.2 Å². The van der Waals surface area contributed by atoms with E-state index in [1.807, 2.05) is 0 Å². The number of rotatable bonds is 4. The van der Waals surface area contributed by atoms with Crippen LogP contribution in [0.5, 0.6) is 0 Å². The molecule has 0 saturated heterocycles. The lowest BCUT2D eigenvalue weighted by Crippen LogP contribution is -2.23. The number of hydrogen-bond acceptors (Lipinski definition) is 4. The van der Waals surface area contributed by atoms with Crippen LogP contribution in [-0.2, 0) is 22.7 Å². The van der Waals surface area contributed by atoms with E-state index in [-0.39, 0.29) is 11.4 Å². The van der Waals surface area contributed by atoms with E-state index in [9.17, 15) is 21.6 Å². The first-order valence-electron chi connectivity index (χ1n) is 5.76. The van der Waals surface area contributed by atoms with E-state index < -0.39 is 21.8 Å². The summed E-state index contributed by atoms with van der Waals surface area (Å²) in [4.78, 5) is 3.88. The van der Waals surface area contributed by atoms with Crippen molar-refractivity contribution < 1.29 is 21.6 Å². The summed E-state index contributed by atoms with van der Waals surface area (Å²) in [6, 6.07) is 3.33. The number of sulfonamides is 1. The minimum Gasteiger partial charge on any atom is -0.245 e. The molecule has 1 aromatic heterocycles. The summed E-state index contributed by atoms with van der Waals surface area (Å²) >= 11 is 1.30. The van der Waals surface area contributed by atoms with Gasteiger partial charge in [0, 0.05) is 11.1 Å². The molecule has 1 N–H and O–H groups in total. The average Bonchev–Trinajstić information content (AvgIpc) is 2.82. The van der Waals surface area contributed by atoms with Crippen molar-refractivity contribution in [1.29, 1.82) is 0 Å². The zero-order valence-electron chi connectivity index (χ0n) is 10.8. The highest BCUT2D eigenvalue weighted by Gasteiger charge is 2.30. The summed E-state index contributed by atoms with van der Waals surface area (Å²) in [7, 11) is -3.86. The van der Waals surface area contributed by atoms with Gasteiger partial charge in [0.25, 0.3) is 0 Å². The fourth-order valence-corrected chi connectivity index (χ4v) is 3.34. The Morgan fingerprint density at radius 3 is 2.33 bits per heavy atom. The number of aromatic nitrogens is 1. The van der Waals surface area contributed by atoms with Crippen molar-refractivity contribution in [3.63, 3.8) is 0 Å². The number of nitrogens with one attached hydrogen (secondary N) is 1. The molecule has 0 amide bonds. The van der Waals surface area contributed by atoms with Crippen LogP contribution in [0, 0.1) is 6.92 Å². The van der Waals surface area contributed by atoms with Crippen LogP contribution in [0.15, 0.2) is 34.5 Å². The van der Waals surface area contributed by atoms with Crippen LogP contribution in [0.1, 0.15) is 16.3 Å². The third-order valence-electron chi connectivity index (χ3n) is 2.57. The van der Waals surface area contributed by atoms with E-state index >= 15 is 0 Å². The summed E-state index contributed by atoms with van der Waals surface area (Å²) < 4.78 is 63.5. The molecule has 0 bridgehead atoms. The molecular weight excluding hydrogens is 325 g/mol. The van der Waals surface area contributed by atoms with Gasteiger partial charge in [0.1, 0.15) is 5.01 Å². The Morgan fingerprint density at radius 2 is 1.86 bits per heavy atom. The first kappa shape index (κ1) is 15.9. The molecule has 0 unspecified atom stereocenters. The van der Waals surface area contributed by atoms with Crippen molar-refractivity contribution in [3.05, 3.63) is 45.9 Å². The summed E-state index contributed by atoms with van der Waals surface area (Å²) in [5.41, 5.74) is -0.110. The lowest BCUT2D eigenvalue weighted by Gasteiger charge is -2.08. The molecule has 0 aliphatic carbocycles. The summed E-state index contributed by atoms with van der Waals surface area (Å²) in [6.45, 7) is 1.78. The quantitative estimate of drug-likeness (QED) is 0.934. The van der Waals surface area contributed by atoms with Crippen molar-refractivity contribution >= 4 is 21.4 Å². The van der Waals surface area contributed by atoms with Crippen molar-refractivity contribution in [2.45, 2.75) is 24.5 Å². The van der Waals surface area contributed by atoms with Crippen molar-refractivity contribution in [1.82, 2.24) is 9.71 Å². The molecule has 0 saturated carbocycles. The van der Waals surface area contributed by atoms with Gasteiger partial charge < -0.3 is 0 Å². The highest BCUT2D eigenvalue weighted by Crippen LogP contribution is 2.29. The van der Waals surface area contributed by atoms with Gasteiger partial charge in [-0.05, 0) is 31.2 Å². The molecule has 0 aliphatic heterocycles. The van der Waals surface area contributed by atoms with Crippen LogP contribution in [-0.4, -0.2) is 13.4 Å². The first-order valence-corrected chi connectivity index (χ1v) is 8.13. The predicted molar refractivity (Wildman–Crippen MR) is 72.3 cm³/mol. The van der Waals surface area contributed by atoms with Gasteiger partial charge >= 0.3 is 6.18 Å². The summed E-state index contributed by atoms with van der Waals surface area (Å²) in [5, 5.41) is 2.37. The molecule has 2 rings (SSSR count). The molecule has 21 heavy (non-hydrogen) atoms. The van der Waals surface area contributed by atoms with Crippen LogP contribution >= 0.6 is 11.3 Å². The van der Waals surface area contributed by atoms with E-state index in [0.29, 0.717) is 5.01 Å². The number of aryl methyl sites for hydroxylation is 1. The van der Waals surface area contributed by atoms with E-state index in [1.54, 1.807) is 12.3 Å². The van der Waals surface area contributed by atoms with Gasteiger partial charge in [-0.15, -0.1) is 11.3 Å². The van der Waals surface area contributed by atoms with Gasteiger partial charge in [0.15, 0.2) is 0 Å². The molecule has 0 atom stereocenters. The Kier molecular flexibility index (Phi) is 4.35. The van der Waals surface area contributed by atoms with Gasteiger partial charge in [0.2, 0.25) is 10.0 Å². The molecular formula is C12H11F3N2O2S2. The molecule has 1 aromatic carbocycles. The highest BCUT2D eigenvalue weighted by atomic mass is 32.2. The number of hydrogen-bond donors (Lipinski definition) is 1. The fraction of sp³-hybridized carbons (Fsp3) is 0.250. The second-order valence-electron chi connectivity index (χ2n) is 4.23. The number of thiazole rings is 1. The second kappa shape index (κ2) is 5.74. The maximum atomic E-state index is 12.4.